The molecular weight excluding hydrogens is 376 g/mol. The maximum absolute atomic E-state index is 12.7. The van der Waals surface area contributed by atoms with Crippen molar-refractivity contribution in [2.45, 2.75) is 12.5 Å². The molecule has 0 bridgehead atoms. The van der Waals surface area contributed by atoms with Gasteiger partial charge in [-0.1, -0.05) is 23.7 Å². The van der Waals surface area contributed by atoms with Gasteiger partial charge in [0.2, 0.25) is 15.9 Å². The zero-order valence-electron chi connectivity index (χ0n) is 14.8. The molecule has 0 heterocycles. The van der Waals surface area contributed by atoms with Gasteiger partial charge in [0.1, 0.15) is 5.75 Å². The van der Waals surface area contributed by atoms with Crippen molar-refractivity contribution in [2.24, 2.45) is 0 Å². The highest BCUT2D eigenvalue weighted by atomic mass is 35.5. The van der Waals surface area contributed by atoms with Gasteiger partial charge in [0.05, 0.1) is 19.4 Å². The van der Waals surface area contributed by atoms with Crippen LogP contribution in [0.1, 0.15) is 18.0 Å². The molecule has 0 aliphatic rings. The van der Waals surface area contributed by atoms with Crippen molar-refractivity contribution in [1.82, 2.24) is 4.72 Å². The number of methoxy groups -OCH3 is 1. The smallest absolute Gasteiger partial charge is 0.228 e. The first-order valence-electron chi connectivity index (χ1n) is 7.83. The standard InChI is InChI=1S/C18H21ClN2O4S/c1-21(15-8-10-16(25-2)11-9-15)18(22)12-17(20-26(3,23)24)13-4-6-14(19)7-5-13/h4-11,17,20H,12H2,1-3H3/t17-/m1/s1. The molecule has 0 aliphatic heterocycles. The van der Waals surface area contributed by atoms with Gasteiger partial charge in [0.25, 0.3) is 0 Å². The molecule has 1 amide bonds. The Balaban J connectivity index is 2.20. The molecule has 1 atom stereocenters. The molecule has 0 fully saturated rings. The third kappa shape index (κ3) is 5.72. The van der Waals surface area contributed by atoms with Gasteiger partial charge < -0.3 is 9.64 Å². The minimum atomic E-state index is -3.50. The predicted molar refractivity (Wildman–Crippen MR) is 103 cm³/mol. The molecule has 1 N–H and O–H groups in total. The first-order valence-corrected chi connectivity index (χ1v) is 10.1. The van der Waals surface area contributed by atoms with E-state index >= 15 is 0 Å². The van der Waals surface area contributed by atoms with E-state index in [0.29, 0.717) is 22.0 Å². The van der Waals surface area contributed by atoms with E-state index in [0.717, 1.165) is 6.26 Å². The Morgan fingerprint density at radius 1 is 1.15 bits per heavy atom. The second kappa shape index (κ2) is 8.53. The SMILES string of the molecule is COc1ccc(N(C)C(=O)C[C@@H](NS(C)(=O)=O)c2ccc(Cl)cc2)cc1. The number of ether oxygens (including phenoxy) is 1. The van der Waals surface area contributed by atoms with E-state index in [4.69, 9.17) is 16.3 Å². The highest BCUT2D eigenvalue weighted by molar-refractivity contribution is 7.88. The fraction of sp³-hybridized carbons (Fsp3) is 0.278. The lowest BCUT2D eigenvalue weighted by molar-refractivity contribution is -0.118. The lowest BCUT2D eigenvalue weighted by atomic mass is 10.0. The number of amides is 1. The van der Waals surface area contributed by atoms with Gasteiger partial charge in [0, 0.05) is 24.2 Å². The van der Waals surface area contributed by atoms with E-state index in [1.165, 1.54) is 4.90 Å². The van der Waals surface area contributed by atoms with Gasteiger partial charge in [-0.15, -0.1) is 0 Å². The summed E-state index contributed by atoms with van der Waals surface area (Å²) < 4.78 is 31.0. The van der Waals surface area contributed by atoms with Crippen LogP contribution in [0, 0.1) is 0 Å². The fourth-order valence-corrected chi connectivity index (χ4v) is 3.30. The second-order valence-corrected chi connectivity index (χ2v) is 8.07. The van der Waals surface area contributed by atoms with Crippen LogP contribution in [0.2, 0.25) is 5.02 Å². The van der Waals surface area contributed by atoms with Crippen molar-refractivity contribution >= 4 is 33.2 Å². The molecule has 2 rings (SSSR count). The van der Waals surface area contributed by atoms with Crippen LogP contribution in [-0.2, 0) is 14.8 Å². The van der Waals surface area contributed by atoms with Crippen LogP contribution in [-0.4, -0.2) is 34.7 Å². The van der Waals surface area contributed by atoms with Crippen LogP contribution in [0.15, 0.2) is 48.5 Å². The molecule has 2 aromatic carbocycles. The number of halogens is 1. The van der Waals surface area contributed by atoms with Crippen LogP contribution < -0.4 is 14.4 Å². The molecule has 26 heavy (non-hydrogen) atoms. The van der Waals surface area contributed by atoms with Gasteiger partial charge in [0.15, 0.2) is 0 Å². The third-order valence-electron chi connectivity index (χ3n) is 3.84. The number of nitrogens with zero attached hydrogens (tertiary/aromatic N) is 1. The van der Waals surface area contributed by atoms with E-state index in [1.807, 2.05) is 0 Å². The molecule has 0 unspecified atom stereocenters. The van der Waals surface area contributed by atoms with Gasteiger partial charge in [-0.05, 0) is 42.0 Å². The number of rotatable bonds is 7. The van der Waals surface area contributed by atoms with Crippen LogP contribution >= 0.6 is 11.6 Å². The quantitative estimate of drug-likeness (QED) is 0.780. The van der Waals surface area contributed by atoms with Crippen molar-refractivity contribution in [3.8, 4) is 5.75 Å². The third-order valence-corrected chi connectivity index (χ3v) is 4.81. The minimum absolute atomic E-state index is 0.0305. The summed E-state index contributed by atoms with van der Waals surface area (Å²) in [6.07, 6.45) is 1.03. The number of nitrogens with one attached hydrogen (secondary N) is 1. The normalized spacial score (nSPS) is 12.5. The van der Waals surface area contributed by atoms with Crippen molar-refractivity contribution in [3.63, 3.8) is 0 Å². The highest BCUT2D eigenvalue weighted by Gasteiger charge is 2.22. The lowest BCUT2D eigenvalue weighted by Crippen LogP contribution is -2.34. The van der Waals surface area contributed by atoms with Gasteiger partial charge in [-0.3, -0.25) is 4.79 Å². The first kappa shape index (κ1) is 20.2. The van der Waals surface area contributed by atoms with Crippen LogP contribution in [0.5, 0.6) is 5.75 Å². The summed E-state index contributed by atoms with van der Waals surface area (Å²) in [5.74, 6) is 0.457. The molecule has 0 saturated heterocycles. The summed E-state index contributed by atoms with van der Waals surface area (Å²) in [4.78, 5) is 14.1. The summed E-state index contributed by atoms with van der Waals surface area (Å²) in [6, 6.07) is 13.1. The Morgan fingerprint density at radius 3 is 2.23 bits per heavy atom. The van der Waals surface area contributed by atoms with Crippen molar-refractivity contribution in [1.29, 1.82) is 0 Å². The minimum Gasteiger partial charge on any atom is -0.497 e. The summed E-state index contributed by atoms with van der Waals surface area (Å²) in [7, 11) is -0.288. The van der Waals surface area contributed by atoms with Gasteiger partial charge in [-0.2, -0.15) is 0 Å². The van der Waals surface area contributed by atoms with Gasteiger partial charge >= 0.3 is 0 Å². The summed E-state index contributed by atoms with van der Waals surface area (Å²) in [5.41, 5.74) is 1.35. The highest BCUT2D eigenvalue weighted by Crippen LogP contribution is 2.24. The zero-order valence-corrected chi connectivity index (χ0v) is 16.3. The van der Waals surface area contributed by atoms with Gasteiger partial charge in [-0.25, -0.2) is 13.1 Å². The Labute approximate surface area is 158 Å². The Kier molecular flexibility index (Phi) is 6.63. The first-order chi connectivity index (χ1) is 12.2. The summed E-state index contributed by atoms with van der Waals surface area (Å²) >= 11 is 5.89. The number of hydrogen-bond donors (Lipinski definition) is 1. The zero-order chi connectivity index (χ0) is 19.3. The molecule has 6 nitrogen and oxygen atoms in total. The monoisotopic (exact) mass is 396 g/mol. The summed E-state index contributed by atoms with van der Waals surface area (Å²) in [5, 5.41) is 0.536. The largest absolute Gasteiger partial charge is 0.497 e. The van der Waals surface area contributed by atoms with Crippen LogP contribution in [0.25, 0.3) is 0 Å². The van der Waals surface area contributed by atoms with Crippen LogP contribution in [0.3, 0.4) is 0 Å². The molecular formula is C18H21ClN2O4S. The maximum atomic E-state index is 12.7. The Hall–Kier alpha value is -2.09. The molecule has 2 aromatic rings. The molecule has 140 valence electrons. The van der Waals surface area contributed by atoms with Crippen molar-refractivity contribution in [3.05, 3.63) is 59.1 Å². The average molecular weight is 397 g/mol. The van der Waals surface area contributed by atoms with E-state index < -0.39 is 16.1 Å². The number of sulfonamides is 1. The number of anilines is 1. The van der Waals surface area contributed by atoms with E-state index in [9.17, 15) is 13.2 Å². The molecule has 0 spiro atoms. The van der Waals surface area contributed by atoms with E-state index in [1.54, 1.807) is 62.7 Å². The number of carbonyl (C=O) groups is 1. The van der Waals surface area contributed by atoms with Crippen LogP contribution in [0.4, 0.5) is 5.69 Å². The lowest BCUT2D eigenvalue weighted by Gasteiger charge is -2.22. The molecule has 0 aliphatic carbocycles. The number of benzene rings is 2. The fourth-order valence-electron chi connectivity index (χ4n) is 2.44. The molecule has 0 saturated carbocycles. The number of hydrogen-bond acceptors (Lipinski definition) is 4. The molecule has 8 heteroatoms. The Morgan fingerprint density at radius 2 is 1.73 bits per heavy atom. The second-order valence-electron chi connectivity index (χ2n) is 5.85. The van der Waals surface area contributed by atoms with E-state index in [2.05, 4.69) is 4.72 Å². The molecule has 0 radical (unpaired) electrons. The average Bonchev–Trinajstić information content (AvgIpc) is 2.60. The summed E-state index contributed by atoms with van der Waals surface area (Å²) in [6.45, 7) is 0. The predicted octanol–water partition coefficient (Wildman–Crippen LogP) is 2.99. The van der Waals surface area contributed by atoms with Crippen molar-refractivity contribution in [2.75, 3.05) is 25.3 Å². The Bertz CT molecular complexity index is 852. The number of carbonyl (C=O) groups excluding carboxylic acids is 1. The topological polar surface area (TPSA) is 75.7 Å². The molecule has 0 aromatic heterocycles. The maximum Gasteiger partial charge on any atom is 0.228 e. The van der Waals surface area contributed by atoms with Crippen molar-refractivity contribution < 1.29 is 17.9 Å². The van der Waals surface area contributed by atoms with E-state index in [-0.39, 0.29) is 12.3 Å².